The molecular weight excluding hydrogens is 292 g/mol. The van der Waals surface area contributed by atoms with E-state index in [0.29, 0.717) is 22.6 Å². The van der Waals surface area contributed by atoms with Crippen LogP contribution in [0.3, 0.4) is 0 Å². The fourth-order valence-corrected chi connectivity index (χ4v) is 2.15. The molecule has 120 valence electrons. The van der Waals surface area contributed by atoms with E-state index in [1.807, 2.05) is 31.2 Å². The number of hydrogen-bond acceptors (Lipinski definition) is 3. The Kier molecular flexibility index (Phi) is 5.01. The van der Waals surface area contributed by atoms with E-state index in [2.05, 4.69) is 5.32 Å². The molecule has 0 radical (unpaired) electrons. The first-order valence-corrected chi connectivity index (χ1v) is 7.32. The molecule has 0 fully saturated rings. The van der Waals surface area contributed by atoms with Crippen molar-refractivity contribution in [3.63, 3.8) is 0 Å². The van der Waals surface area contributed by atoms with E-state index in [-0.39, 0.29) is 5.91 Å². The second kappa shape index (κ2) is 6.96. The lowest BCUT2D eigenvalue weighted by molar-refractivity contribution is -0.122. The molecule has 0 bridgehead atoms. The van der Waals surface area contributed by atoms with E-state index in [1.165, 1.54) is 0 Å². The number of amides is 2. The van der Waals surface area contributed by atoms with E-state index in [1.54, 1.807) is 32.0 Å². The second-order valence-corrected chi connectivity index (χ2v) is 5.40. The van der Waals surface area contributed by atoms with Crippen molar-refractivity contribution in [1.82, 2.24) is 0 Å². The SMILES string of the molecule is Cc1ccc(O[C@@H](C)C(=O)Nc2cccc(C(N)=O)c2C)cc1. The lowest BCUT2D eigenvalue weighted by atomic mass is 10.1. The zero-order valence-electron chi connectivity index (χ0n) is 13.4. The van der Waals surface area contributed by atoms with Crippen LogP contribution in [-0.2, 0) is 4.79 Å². The van der Waals surface area contributed by atoms with Gasteiger partial charge in [0.05, 0.1) is 0 Å². The first-order chi connectivity index (χ1) is 10.9. The van der Waals surface area contributed by atoms with Crippen LogP contribution in [0.4, 0.5) is 5.69 Å². The number of ether oxygens (including phenoxy) is 1. The molecule has 0 aliphatic carbocycles. The quantitative estimate of drug-likeness (QED) is 0.890. The summed E-state index contributed by atoms with van der Waals surface area (Å²) in [5.41, 5.74) is 8.00. The van der Waals surface area contributed by atoms with Gasteiger partial charge < -0.3 is 15.8 Å². The van der Waals surface area contributed by atoms with Crippen LogP contribution in [0.25, 0.3) is 0 Å². The highest BCUT2D eigenvalue weighted by Crippen LogP contribution is 2.19. The van der Waals surface area contributed by atoms with Gasteiger partial charge in [-0.1, -0.05) is 23.8 Å². The number of primary amides is 1. The average Bonchev–Trinajstić information content (AvgIpc) is 2.51. The second-order valence-electron chi connectivity index (χ2n) is 5.40. The maximum atomic E-state index is 12.3. The molecule has 1 atom stereocenters. The molecule has 0 heterocycles. The predicted molar refractivity (Wildman–Crippen MR) is 89.6 cm³/mol. The van der Waals surface area contributed by atoms with Gasteiger partial charge in [0, 0.05) is 11.3 Å². The standard InChI is InChI=1S/C18H20N2O3/c1-11-7-9-14(10-8-11)23-13(3)18(22)20-16-6-4-5-15(12(16)2)17(19)21/h4-10,13H,1-3H3,(H2,19,21)(H,20,22)/t13-/m0/s1. The number of anilines is 1. The molecule has 0 aliphatic heterocycles. The molecule has 0 spiro atoms. The van der Waals surface area contributed by atoms with Gasteiger partial charge in [0.2, 0.25) is 5.91 Å². The molecule has 2 aromatic carbocycles. The number of benzene rings is 2. The van der Waals surface area contributed by atoms with Crippen LogP contribution in [0, 0.1) is 13.8 Å². The number of hydrogen-bond donors (Lipinski definition) is 2. The van der Waals surface area contributed by atoms with Crippen LogP contribution in [-0.4, -0.2) is 17.9 Å². The zero-order chi connectivity index (χ0) is 17.0. The van der Waals surface area contributed by atoms with Gasteiger partial charge in [-0.3, -0.25) is 9.59 Å². The van der Waals surface area contributed by atoms with Crippen LogP contribution < -0.4 is 15.8 Å². The van der Waals surface area contributed by atoms with Crippen molar-refractivity contribution < 1.29 is 14.3 Å². The highest BCUT2D eigenvalue weighted by Gasteiger charge is 2.17. The Balaban J connectivity index is 2.08. The molecule has 0 saturated heterocycles. The lowest BCUT2D eigenvalue weighted by Gasteiger charge is -2.16. The van der Waals surface area contributed by atoms with Gasteiger partial charge in [0.25, 0.3) is 5.91 Å². The summed E-state index contributed by atoms with van der Waals surface area (Å²) in [5.74, 6) is -0.196. The third-order valence-corrected chi connectivity index (χ3v) is 3.56. The first-order valence-electron chi connectivity index (χ1n) is 7.32. The van der Waals surface area contributed by atoms with Gasteiger partial charge in [-0.25, -0.2) is 0 Å². The number of aryl methyl sites for hydroxylation is 1. The Morgan fingerprint density at radius 2 is 1.74 bits per heavy atom. The van der Waals surface area contributed by atoms with Crippen LogP contribution in [0.1, 0.15) is 28.4 Å². The van der Waals surface area contributed by atoms with Gasteiger partial charge in [-0.15, -0.1) is 0 Å². The van der Waals surface area contributed by atoms with Crippen molar-refractivity contribution in [2.45, 2.75) is 26.9 Å². The Morgan fingerprint density at radius 3 is 2.35 bits per heavy atom. The number of carbonyl (C=O) groups excluding carboxylic acids is 2. The summed E-state index contributed by atoms with van der Waals surface area (Å²) in [6.45, 7) is 5.39. The highest BCUT2D eigenvalue weighted by molar-refractivity contribution is 5.99. The van der Waals surface area contributed by atoms with Gasteiger partial charge in [0.15, 0.2) is 6.10 Å². The highest BCUT2D eigenvalue weighted by atomic mass is 16.5. The molecule has 5 heteroatoms. The number of nitrogens with one attached hydrogen (secondary N) is 1. The van der Waals surface area contributed by atoms with Crippen molar-refractivity contribution in [2.75, 3.05) is 5.32 Å². The van der Waals surface area contributed by atoms with Crippen LogP contribution >= 0.6 is 0 Å². The Morgan fingerprint density at radius 1 is 1.09 bits per heavy atom. The van der Waals surface area contributed by atoms with E-state index in [4.69, 9.17) is 10.5 Å². The van der Waals surface area contributed by atoms with Crippen molar-refractivity contribution in [3.05, 3.63) is 59.2 Å². The number of rotatable bonds is 5. The van der Waals surface area contributed by atoms with Gasteiger partial charge in [0.1, 0.15) is 5.75 Å². The Bertz CT molecular complexity index is 724. The molecule has 5 nitrogen and oxygen atoms in total. The van der Waals surface area contributed by atoms with E-state index in [9.17, 15) is 9.59 Å². The maximum absolute atomic E-state index is 12.3. The largest absolute Gasteiger partial charge is 0.481 e. The molecule has 2 amide bonds. The first kappa shape index (κ1) is 16.5. The third-order valence-electron chi connectivity index (χ3n) is 3.56. The Hall–Kier alpha value is -2.82. The van der Waals surface area contributed by atoms with Crippen molar-refractivity contribution in [2.24, 2.45) is 5.73 Å². The topological polar surface area (TPSA) is 81.4 Å². The third kappa shape index (κ3) is 4.10. The number of nitrogens with two attached hydrogens (primary N) is 1. The molecule has 2 aromatic rings. The van der Waals surface area contributed by atoms with E-state index in [0.717, 1.165) is 5.56 Å². The molecular formula is C18H20N2O3. The predicted octanol–water partition coefficient (Wildman–Crippen LogP) is 2.81. The van der Waals surface area contributed by atoms with E-state index < -0.39 is 12.0 Å². The molecule has 3 N–H and O–H groups in total. The minimum Gasteiger partial charge on any atom is -0.481 e. The van der Waals surface area contributed by atoms with Crippen molar-refractivity contribution in [3.8, 4) is 5.75 Å². The van der Waals surface area contributed by atoms with Crippen molar-refractivity contribution in [1.29, 1.82) is 0 Å². The fraction of sp³-hybridized carbons (Fsp3) is 0.222. The molecule has 0 saturated carbocycles. The summed E-state index contributed by atoms with van der Waals surface area (Å²) >= 11 is 0. The van der Waals surface area contributed by atoms with Crippen molar-refractivity contribution >= 4 is 17.5 Å². The smallest absolute Gasteiger partial charge is 0.265 e. The van der Waals surface area contributed by atoms with Gasteiger partial charge in [-0.05, 0) is 50.6 Å². The van der Waals surface area contributed by atoms with E-state index >= 15 is 0 Å². The molecule has 23 heavy (non-hydrogen) atoms. The lowest BCUT2D eigenvalue weighted by Crippen LogP contribution is -2.30. The fourth-order valence-electron chi connectivity index (χ4n) is 2.15. The van der Waals surface area contributed by atoms with Crippen LogP contribution in [0.15, 0.2) is 42.5 Å². The Labute approximate surface area is 135 Å². The minimum absolute atomic E-state index is 0.296. The maximum Gasteiger partial charge on any atom is 0.265 e. The van der Waals surface area contributed by atoms with Crippen LogP contribution in [0.2, 0.25) is 0 Å². The summed E-state index contributed by atoms with van der Waals surface area (Å²) in [6, 6.07) is 12.5. The minimum atomic E-state index is -0.672. The molecule has 0 aliphatic rings. The normalized spacial score (nSPS) is 11.6. The summed E-state index contributed by atoms with van der Waals surface area (Å²) < 4.78 is 5.62. The monoisotopic (exact) mass is 312 g/mol. The van der Waals surface area contributed by atoms with Crippen LogP contribution in [0.5, 0.6) is 5.75 Å². The number of carbonyl (C=O) groups is 2. The molecule has 0 aromatic heterocycles. The summed E-state index contributed by atoms with van der Waals surface area (Å²) in [6.07, 6.45) is -0.672. The summed E-state index contributed by atoms with van der Waals surface area (Å²) in [5, 5.41) is 2.77. The molecule has 0 unspecified atom stereocenters. The van der Waals surface area contributed by atoms with Gasteiger partial charge >= 0.3 is 0 Å². The zero-order valence-corrected chi connectivity index (χ0v) is 13.4. The summed E-state index contributed by atoms with van der Waals surface area (Å²) in [4.78, 5) is 23.6. The summed E-state index contributed by atoms with van der Waals surface area (Å²) in [7, 11) is 0. The van der Waals surface area contributed by atoms with Gasteiger partial charge in [-0.2, -0.15) is 0 Å². The molecule has 2 rings (SSSR count). The average molecular weight is 312 g/mol.